The van der Waals surface area contributed by atoms with Crippen LogP contribution in [-0.2, 0) is 42.3 Å². The summed E-state index contributed by atoms with van der Waals surface area (Å²) in [6.07, 6.45) is 12.7. The van der Waals surface area contributed by atoms with Crippen molar-refractivity contribution in [2.45, 2.75) is 177 Å². The number of carbonyl (C=O) groups is 2. The summed E-state index contributed by atoms with van der Waals surface area (Å²) in [6.45, 7) is 15.9. The fourth-order valence-electron chi connectivity index (χ4n) is 11.5. The normalized spacial score (nSPS) is 44.2. The van der Waals surface area contributed by atoms with Gasteiger partial charge in [-0.25, -0.2) is 0 Å². The highest BCUT2D eigenvalue weighted by Crippen LogP contribution is 2.61. The fourth-order valence-corrected chi connectivity index (χ4v) is 15.5. The average molecular weight is 981 g/mol. The number of rotatable bonds is 9. The number of Topliss-reactive ketones (excluding diaryl/α,β-unsaturated/α-hetero) is 1. The minimum atomic E-state index is -0.906. The van der Waals surface area contributed by atoms with Crippen LogP contribution in [-0.4, -0.2) is 91.0 Å². The second kappa shape index (κ2) is 22.7. The SMILES string of the molecule is C=C1CC2/C=C/C(=O)C[C@H]3O[C@@H]4[C@@H](C[C@H]5CC[C@H](CC(=O)CC6C(C[C@H]7O[C@@H](CCC1O2)C[C@@H](C)C7=C)O[C@H](C[C@H](C)CCPP)[C@@H]6C)O[C@@H]5[C@@H]4OP(P)P)[C@H]3OP(P)P. The van der Waals surface area contributed by atoms with Crippen LogP contribution in [0.2, 0.25) is 0 Å². The first-order valence-corrected chi connectivity index (χ1v) is 34.4. The number of fused-ring (bicyclic) bond motifs is 7. The summed E-state index contributed by atoms with van der Waals surface area (Å²) < 4.78 is 47.6. The molecule has 24 atom stereocenters. The number of ether oxygens (including phenoxy) is 5. The van der Waals surface area contributed by atoms with Gasteiger partial charge in [0, 0.05) is 38.0 Å². The van der Waals surface area contributed by atoms with Gasteiger partial charge in [0.25, 0.3) is 0 Å². The molecule has 6 aliphatic heterocycles. The average Bonchev–Trinajstić information content (AvgIpc) is 3.81. The number of carbonyl (C=O) groups excluding carboxylic acids is 2. The Morgan fingerprint density at radius 3 is 2.30 bits per heavy atom. The summed E-state index contributed by atoms with van der Waals surface area (Å²) in [6, 6.07) is 0. The lowest BCUT2D eigenvalue weighted by Crippen LogP contribution is -2.56. The molecule has 6 heterocycles. The Labute approximate surface area is 375 Å². The Kier molecular flexibility index (Phi) is 18.8. The van der Waals surface area contributed by atoms with E-state index in [9.17, 15) is 9.59 Å². The van der Waals surface area contributed by atoms with Gasteiger partial charge in [0.1, 0.15) is 11.9 Å². The van der Waals surface area contributed by atoms with Crippen LogP contribution in [0.25, 0.3) is 0 Å². The van der Waals surface area contributed by atoms with E-state index in [1.807, 2.05) is 6.08 Å². The summed E-state index contributed by atoms with van der Waals surface area (Å²) in [5.41, 5.74) is 2.20. The topological polar surface area (TPSA) is 98.8 Å². The van der Waals surface area contributed by atoms with Crippen molar-refractivity contribution in [3.05, 3.63) is 36.5 Å². The molecule has 0 radical (unpaired) electrons. The molecule has 8 bridgehead atoms. The molecule has 0 spiro atoms. The van der Waals surface area contributed by atoms with Crippen molar-refractivity contribution in [3.63, 3.8) is 0 Å². The predicted octanol–water partition coefficient (Wildman–Crippen LogP) is 10.7. The largest absolute Gasteiger partial charge is 0.374 e. The zero-order chi connectivity index (χ0) is 42.8. The third-order valence-electron chi connectivity index (χ3n) is 14.7. The highest BCUT2D eigenvalue weighted by molar-refractivity contribution is 8.41. The van der Waals surface area contributed by atoms with Crippen LogP contribution in [0.4, 0.5) is 0 Å². The molecule has 0 N–H and O–H groups in total. The second-order valence-corrected chi connectivity index (χ2v) is 32.7. The van der Waals surface area contributed by atoms with Crippen LogP contribution in [0, 0.1) is 35.5 Å². The van der Waals surface area contributed by atoms with E-state index in [1.54, 1.807) is 6.08 Å². The van der Waals surface area contributed by atoms with Crippen LogP contribution in [0.3, 0.4) is 0 Å². The standard InChI is InChI=1S/C43H72O9P8/c1-22(12-13-58-53)14-36-26(5)33-19-29(45)18-32-8-6-27-17-34-41(51-59(54)55)39(50-42(34)43(40(27)48-32)52-60(56)57)20-28(44)7-9-30-16-24(3)35(46-30)11-10-31-15-23(2)25(4)37(47-31)21-38(33)49-36/h7,9,22-23,26-27,30-43,58H,3-4,6,8,10-21,53-57H2,1-2,5H3/b9-7+/t22-,23-,26-,27-,30?,31+,32-,33?,34+,35?,36-,37-,38?,39-,40+,41-,42-,43+/m1/s1. The first-order valence-electron chi connectivity index (χ1n) is 22.4. The number of allylic oxidation sites excluding steroid dienone is 1. The maximum atomic E-state index is 14.3. The molecule has 17 heteroatoms. The van der Waals surface area contributed by atoms with Gasteiger partial charge >= 0.3 is 0 Å². The van der Waals surface area contributed by atoms with Gasteiger partial charge in [-0.3, -0.25) is 9.59 Å². The summed E-state index contributed by atoms with van der Waals surface area (Å²) >= 11 is 0. The van der Waals surface area contributed by atoms with Crippen LogP contribution < -0.4 is 0 Å². The molecule has 10 unspecified atom stereocenters. The Bertz CT molecular complexity index is 1550. The van der Waals surface area contributed by atoms with Crippen molar-refractivity contribution in [2.75, 3.05) is 6.16 Å². The second-order valence-electron chi connectivity index (χ2n) is 19.1. The van der Waals surface area contributed by atoms with Gasteiger partial charge in [0.05, 0.1) is 82.2 Å². The Hall–Kier alpha value is 1.72. The predicted molar refractivity (Wildman–Crippen MR) is 264 cm³/mol. The van der Waals surface area contributed by atoms with Crippen molar-refractivity contribution in [2.24, 2.45) is 35.5 Å². The van der Waals surface area contributed by atoms with E-state index < -0.39 is 21.2 Å². The highest BCUT2D eigenvalue weighted by Gasteiger charge is 2.58. The first-order chi connectivity index (χ1) is 28.7. The van der Waals surface area contributed by atoms with Crippen LogP contribution in [0.1, 0.15) is 104 Å². The summed E-state index contributed by atoms with van der Waals surface area (Å²) in [7, 11) is 13.2. The van der Waals surface area contributed by atoms with Crippen molar-refractivity contribution < 1.29 is 42.3 Å². The van der Waals surface area contributed by atoms with E-state index in [1.165, 1.54) is 12.6 Å². The minimum Gasteiger partial charge on any atom is -0.374 e. The van der Waals surface area contributed by atoms with Gasteiger partial charge in [-0.2, -0.15) is 0 Å². The number of hydrogen-bond acceptors (Lipinski definition) is 9. The van der Waals surface area contributed by atoms with Gasteiger partial charge < -0.3 is 32.7 Å². The van der Waals surface area contributed by atoms with Crippen molar-refractivity contribution in [1.29, 1.82) is 0 Å². The van der Waals surface area contributed by atoms with E-state index in [0.717, 1.165) is 64.4 Å². The summed E-state index contributed by atoms with van der Waals surface area (Å²) in [5.74, 6) is 1.79. The molecule has 7 aliphatic rings. The molecule has 5 saturated heterocycles. The molecule has 60 heavy (non-hydrogen) atoms. The van der Waals surface area contributed by atoms with Crippen molar-refractivity contribution in [3.8, 4) is 0 Å². The van der Waals surface area contributed by atoms with E-state index >= 15 is 0 Å². The quantitative estimate of drug-likeness (QED) is 0.165. The maximum absolute atomic E-state index is 14.3. The minimum absolute atomic E-state index is 0.00735. The lowest BCUT2D eigenvalue weighted by molar-refractivity contribution is -0.186. The van der Waals surface area contributed by atoms with E-state index in [0.29, 0.717) is 37.5 Å². The Morgan fingerprint density at radius 2 is 1.55 bits per heavy atom. The van der Waals surface area contributed by atoms with Gasteiger partial charge in [-0.05, 0) is 104 Å². The van der Waals surface area contributed by atoms with E-state index in [-0.39, 0.29) is 109 Å². The van der Waals surface area contributed by atoms with Gasteiger partial charge in [0.15, 0.2) is 5.78 Å². The highest BCUT2D eigenvalue weighted by atomic mass is 32.4. The molecule has 0 aromatic rings. The zero-order valence-corrected chi connectivity index (χ0v) is 44.4. The third kappa shape index (κ3) is 12.4. The molecular weight excluding hydrogens is 908 g/mol. The summed E-state index contributed by atoms with van der Waals surface area (Å²) in [5, 5.41) is 0. The molecule has 1 saturated carbocycles. The smallest absolute Gasteiger partial charge is 0.158 e. The molecule has 7 rings (SSSR count). The molecule has 1 aliphatic carbocycles. The lowest BCUT2D eigenvalue weighted by atomic mass is 9.71. The fraction of sp³-hybridized carbons (Fsp3) is 0.814. The van der Waals surface area contributed by atoms with E-state index in [2.05, 4.69) is 78.6 Å². The van der Waals surface area contributed by atoms with Crippen LogP contribution >= 0.6 is 68.0 Å². The maximum Gasteiger partial charge on any atom is 0.158 e. The number of ketones is 2. The monoisotopic (exact) mass is 980 g/mol. The van der Waals surface area contributed by atoms with Crippen molar-refractivity contribution >= 4 is 79.5 Å². The third-order valence-corrected chi connectivity index (χ3v) is 18.6. The Balaban J connectivity index is 1.15. The van der Waals surface area contributed by atoms with Crippen LogP contribution in [0.15, 0.2) is 36.5 Å². The molecule has 0 aromatic heterocycles. The molecule has 0 amide bonds. The van der Waals surface area contributed by atoms with Gasteiger partial charge in [-0.1, -0.05) is 75.7 Å². The first kappa shape index (κ1) is 49.6. The molecule has 6 fully saturated rings. The number of hydrogen-bond donors (Lipinski definition) is 0. The molecule has 0 aromatic carbocycles. The van der Waals surface area contributed by atoms with Crippen molar-refractivity contribution in [1.82, 2.24) is 0 Å². The van der Waals surface area contributed by atoms with Crippen LogP contribution in [0.5, 0.6) is 0 Å². The molecular formula is C43H72O9P8. The lowest BCUT2D eigenvalue weighted by Gasteiger charge is -2.48. The van der Waals surface area contributed by atoms with Gasteiger partial charge in [-0.15, -0.1) is 17.2 Å². The molecule has 9 nitrogen and oxygen atoms in total. The zero-order valence-electron chi connectivity index (χ0n) is 35.8. The van der Waals surface area contributed by atoms with Gasteiger partial charge in [0.2, 0.25) is 0 Å². The molecule has 338 valence electrons. The van der Waals surface area contributed by atoms with E-state index in [4.69, 9.17) is 32.7 Å². The Morgan fingerprint density at radius 1 is 0.800 bits per heavy atom. The summed E-state index contributed by atoms with van der Waals surface area (Å²) in [4.78, 5) is 28.0.